The van der Waals surface area contributed by atoms with Crippen molar-refractivity contribution in [3.8, 4) is 0 Å². The van der Waals surface area contributed by atoms with Crippen LogP contribution in [-0.2, 0) is 11.2 Å². The minimum atomic E-state index is 0.504. The molecule has 3 nitrogen and oxygen atoms in total. The summed E-state index contributed by atoms with van der Waals surface area (Å²) in [4.78, 5) is 7.39. The van der Waals surface area contributed by atoms with Crippen molar-refractivity contribution >= 4 is 22.7 Å². The van der Waals surface area contributed by atoms with Crippen molar-refractivity contribution in [2.45, 2.75) is 43.2 Å². The lowest BCUT2D eigenvalue weighted by molar-refractivity contribution is 0.0913. The maximum absolute atomic E-state index is 5.35. The van der Waals surface area contributed by atoms with Crippen LogP contribution in [0.5, 0.6) is 0 Å². The lowest BCUT2D eigenvalue weighted by Gasteiger charge is -2.30. The number of aromatic amines is 1. The van der Waals surface area contributed by atoms with E-state index in [1.165, 1.54) is 40.7 Å². The molecule has 1 aliphatic rings. The molecule has 120 valence electrons. The van der Waals surface area contributed by atoms with Crippen molar-refractivity contribution in [2.75, 3.05) is 26.5 Å². The molecule has 0 amide bonds. The van der Waals surface area contributed by atoms with Gasteiger partial charge in [-0.3, -0.25) is 4.90 Å². The Labute approximate surface area is 137 Å². The van der Waals surface area contributed by atoms with Gasteiger partial charge in [-0.15, -0.1) is 11.8 Å². The smallest absolute Gasteiger partial charge is 0.0615 e. The molecule has 0 radical (unpaired) electrons. The third-order valence-corrected chi connectivity index (χ3v) is 5.55. The van der Waals surface area contributed by atoms with E-state index in [0.29, 0.717) is 12.1 Å². The van der Waals surface area contributed by atoms with Gasteiger partial charge in [0.2, 0.25) is 0 Å². The Bertz CT molecular complexity index is 625. The van der Waals surface area contributed by atoms with Gasteiger partial charge in [0.15, 0.2) is 0 Å². The highest BCUT2D eigenvalue weighted by atomic mass is 32.2. The summed E-state index contributed by atoms with van der Waals surface area (Å²) in [5, 5.41) is 1.39. The molecule has 1 aromatic heterocycles. The summed E-state index contributed by atoms with van der Waals surface area (Å²) < 4.78 is 5.35. The number of hydrogen-bond acceptors (Lipinski definition) is 3. The van der Waals surface area contributed by atoms with Crippen LogP contribution in [0.4, 0.5) is 0 Å². The van der Waals surface area contributed by atoms with Gasteiger partial charge in [-0.1, -0.05) is 0 Å². The summed E-state index contributed by atoms with van der Waals surface area (Å²) in [6.07, 6.45) is 8.07. The molecular weight excluding hydrogens is 292 g/mol. The topological polar surface area (TPSA) is 28.3 Å². The minimum absolute atomic E-state index is 0.504. The van der Waals surface area contributed by atoms with Crippen molar-refractivity contribution in [1.29, 1.82) is 0 Å². The molecule has 4 heteroatoms. The monoisotopic (exact) mass is 318 g/mol. The molecule has 0 spiro atoms. The first-order valence-electron chi connectivity index (χ1n) is 8.11. The first-order chi connectivity index (χ1) is 10.7. The van der Waals surface area contributed by atoms with Gasteiger partial charge in [0, 0.05) is 41.2 Å². The van der Waals surface area contributed by atoms with Gasteiger partial charge < -0.3 is 9.72 Å². The van der Waals surface area contributed by atoms with Gasteiger partial charge in [-0.2, -0.15) is 0 Å². The van der Waals surface area contributed by atoms with Crippen molar-refractivity contribution in [3.63, 3.8) is 0 Å². The number of rotatable bonds is 6. The first kappa shape index (κ1) is 15.9. The van der Waals surface area contributed by atoms with E-state index in [9.17, 15) is 0 Å². The fraction of sp³-hybridized carbons (Fsp3) is 0.556. The average Bonchev–Trinajstić information content (AvgIpc) is 3.15. The Kier molecular flexibility index (Phi) is 5.11. The second-order valence-electron chi connectivity index (χ2n) is 6.27. The summed E-state index contributed by atoms with van der Waals surface area (Å²) in [6, 6.07) is 7.86. The number of methoxy groups -OCH3 is 1. The quantitative estimate of drug-likeness (QED) is 0.818. The van der Waals surface area contributed by atoms with E-state index in [-0.39, 0.29) is 0 Å². The Morgan fingerprint density at radius 2 is 2.32 bits per heavy atom. The SMILES string of the molecule is COC[C@H](C)N1CCC[C@@H]1Cc1c[nH]c2ccc(SC)cc12. The maximum atomic E-state index is 5.35. The summed E-state index contributed by atoms with van der Waals surface area (Å²) in [5.41, 5.74) is 2.70. The molecule has 0 bridgehead atoms. The number of likely N-dealkylation sites (tertiary alicyclic amines) is 1. The van der Waals surface area contributed by atoms with Crippen LogP contribution in [0, 0.1) is 0 Å². The number of fused-ring (bicyclic) bond motifs is 1. The van der Waals surface area contributed by atoms with Gasteiger partial charge in [0.25, 0.3) is 0 Å². The number of nitrogens with one attached hydrogen (secondary N) is 1. The van der Waals surface area contributed by atoms with E-state index in [1.54, 1.807) is 7.11 Å². The van der Waals surface area contributed by atoms with Gasteiger partial charge >= 0.3 is 0 Å². The minimum Gasteiger partial charge on any atom is -0.383 e. The molecule has 3 rings (SSSR count). The number of nitrogens with zero attached hydrogens (tertiary/aromatic N) is 1. The van der Waals surface area contributed by atoms with Crippen LogP contribution in [0.2, 0.25) is 0 Å². The van der Waals surface area contributed by atoms with Crippen LogP contribution in [0.15, 0.2) is 29.3 Å². The highest BCUT2D eigenvalue weighted by Gasteiger charge is 2.29. The molecule has 0 aliphatic carbocycles. The number of aromatic nitrogens is 1. The Morgan fingerprint density at radius 1 is 1.45 bits per heavy atom. The van der Waals surface area contributed by atoms with Gasteiger partial charge in [-0.05, 0) is 62.7 Å². The molecule has 2 heterocycles. The summed E-state index contributed by atoms with van der Waals surface area (Å²) in [5.74, 6) is 0. The lowest BCUT2D eigenvalue weighted by atomic mass is 10.0. The predicted octanol–water partition coefficient (Wildman–Crippen LogP) is 3.93. The second-order valence-corrected chi connectivity index (χ2v) is 7.15. The predicted molar refractivity (Wildman–Crippen MR) is 94.8 cm³/mol. The summed E-state index contributed by atoms with van der Waals surface area (Å²) in [7, 11) is 1.80. The van der Waals surface area contributed by atoms with Crippen molar-refractivity contribution in [2.24, 2.45) is 0 Å². The third kappa shape index (κ3) is 3.19. The Balaban J connectivity index is 1.80. The van der Waals surface area contributed by atoms with E-state index in [4.69, 9.17) is 4.74 Å². The Morgan fingerprint density at radius 3 is 3.09 bits per heavy atom. The van der Waals surface area contributed by atoms with Crippen LogP contribution in [-0.4, -0.2) is 48.5 Å². The number of benzene rings is 1. The van der Waals surface area contributed by atoms with E-state index in [1.807, 2.05) is 11.8 Å². The standard InChI is InChI=1S/C18H26N2OS/c1-13(12-21-2)20-8-4-5-15(20)9-14-11-19-18-7-6-16(22-3)10-17(14)18/h6-7,10-11,13,15,19H,4-5,8-9,12H2,1-3H3/t13-,15+/m0/s1. The number of H-pyrrole nitrogens is 1. The molecule has 0 saturated carbocycles. The Hall–Kier alpha value is -0.970. The van der Waals surface area contributed by atoms with Crippen molar-refractivity contribution in [3.05, 3.63) is 30.0 Å². The fourth-order valence-corrected chi connectivity index (χ4v) is 4.14. The van der Waals surface area contributed by atoms with Gasteiger partial charge in [-0.25, -0.2) is 0 Å². The number of thioether (sulfide) groups is 1. The van der Waals surface area contributed by atoms with E-state index < -0.39 is 0 Å². The average molecular weight is 318 g/mol. The summed E-state index contributed by atoms with van der Waals surface area (Å²) in [6.45, 7) is 4.30. The van der Waals surface area contributed by atoms with E-state index >= 15 is 0 Å². The highest BCUT2D eigenvalue weighted by Crippen LogP contribution is 2.29. The van der Waals surface area contributed by atoms with Crippen LogP contribution >= 0.6 is 11.8 Å². The zero-order valence-corrected chi connectivity index (χ0v) is 14.6. The normalized spacial score (nSPS) is 20.8. The van der Waals surface area contributed by atoms with Crippen LogP contribution < -0.4 is 0 Å². The zero-order chi connectivity index (χ0) is 15.5. The van der Waals surface area contributed by atoms with Crippen LogP contribution in [0.3, 0.4) is 0 Å². The van der Waals surface area contributed by atoms with Gasteiger partial charge in [0.1, 0.15) is 0 Å². The molecule has 1 N–H and O–H groups in total. The van der Waals surface area contributed by atoms with Crippen molar-refractivity contribution in [1.82, 2.24) is 9.88 Å². The molecule has 1 fully saturated rings. The first-order valence-corrected chi connectivity index (χ1v) is 9.34. The third-order valence-electron chi connectivity index (χ3n) is 4.83. The van der Waals surface area contributed by atoms with Crippen molar-refractivity contribution < 1.29 is 4.74 Å². The van der Waals surface area contributed by atoms with E-state index in [2.05, 4.69) is 47.5 Å². The number of hydrogen-bond donors (Lipinski definition) is 1. The molecule has 1 aliphatic heterocycles. The highest BCUT2D eigenvalue weighted by molar-refractivity contribution is 7.98. The maximum Gasteiger partial charge on any atom is 0.0615 e. The molecule has 1 saturated heterocycles. The molecule has 2 atom stereocenters. The molecule has 2 aromatic rings. The summed E-state index contributed by atoms with van der Waals surface area (Å²) >= 11 is 1.81. The molecule has 22 heavy (non-hydrogen) atoms. The van der Waals surface area contributed by atoms with E-state index in [0.717, 1.165) is 13.0 Å². The molecule has 1 aromatic carbocycles. The molecular formula is C18H26N2OS. The van der Waals surface area contributed by atoms with Gasteiger partial charge in [0.05, 0.1) is 6.61 Å². The lowest BCUT2D eigenvalue weighted by Crippen LogP contribution is -2.40. The fourth-order valence-electron chi connectivity index (χ4n) is 3.70. The van der Waals surface area contributed by atoms with Crippen LogP contribution in [0.1, 0.15) is 25.3 Å². The van der Waals surface area contributed by atoms with Crippen LogP contribution in [0.25, 0.3) is 10.9 Å². The zero-order valence-electron chi connectivity index (χ0n) is 13.8. The number of ether oxygens (including phenoxy) is 1. The second kappa shape index (κ2) is 7.07. The molecule has 0 unspecified atom stereocenters. The largest absolute Gasteiger partial charge is 0.383 e.